The van der Waals surface area contributed by atoms with Crippen molar-refractivity contribution in [2.24, 2.45) is 0 Å². The molecular formula is C64H38N6S2. The molecule has 72 heavy (non-hydrogen) atoms. The van der Waals surface area contributed by atoms with Gasteiger partial charge in [-0.25, -0.2) is 0 Å². The zero-order valence-corrected chi connectivity index (χ0v) is 40.1. The fourth-order valence-electron chi connectivity index (χ4n) is 11.7. The summed E-state index contributed by atoms with van der Waals surface area (Å²) in [5, 5.41) is 12.3. The van der Waals surface area contributed by atoms with Crippen molar-refractivity contribution >= 4 is 134 Å². The van der Waals surface area contributed by atoms with Gasteiger partial charge in [-0.2, -0.15) is 0 Å². The summed E-state index contributed by atoms with van der Waals surface area (Å²) in [5.74, 6) is 0. The van der Waals surface area contributed by atoms with Crippen LogP contribution in [0.2, 0.25) is 0 Å². The molecule has 0 aliphatic carbocycles. The molecule has 0 saturated heterocycles. The van der Waals surface area contributed by atoms with E-state index < -0.39 is 0 Å². The van der Waals surface area contributed by atoms with Crippen LogP contribution in [0, 0.1) is 0 Å². The number of rotatable bonds is 4. The smallest absolute Gasteiger partial charge is 0.0645 e. The first kappa shape index (κ1) is 40.0. The molecule has 16 rings (SSSR count). The Labute approximate surface area is 422 Å². The zero-order chi connectivity index (χ0) is 47.0. The molecule has 14 aromatic rings. The Bertz CT molecular complexity index is 4310. The lowest BCUT2D eigenvalue weighted by Crippen LogP contribution is -2.15. The number of pyridine rings is 2. The minimum atomic E-state index is 1.04. The molecule has 0 fully saturated rings. The molecule has 0 N–H and O–H groups in total. The minimum Gasteiger partial charge on any atom is -0.308 e. The van der Waals surface area contributed by atoms with Gasteiger partial charge in [-0.05, 0) is 142 Å². The molecule has 6 nitrogen and oxygen atoms in total. The van der Waals surface area contributed by atoms with E-state index in [0.29, 0.717) is 0 Å². The first-order valence-electron chi connectivity index (χ1n) is 24.2. The molecule has 0 unspecified atom stereocenters. The van der Waals surface area contributed by atoms with Crippen molar-refractivity contribution in [1.82, 2.24) is 19.1 Å². The Morgan fingerprint density at radius 2 is 0.736 bits per heavy atom. The lowest BCUT2D eigenvalue weighted by molar-refractivity contribution is 1.13. The Morgan fingerprint density at radius 1 is 0.292 bits per heavy atom. The van der Waals surface area contributed by atoms with Gasteiger partial charge in [0, 0.05) is 64.9 Å². The highest BCUT2D eigenvalue weighted by Gasteiger charge is 2.30. The quantitative estimate of drug-likeness (QED) is 0.175. The van der Waals surface area contributed by atoms with Crippen LogP contribution in [0.25, 0.3) is 87.3 Å². The summed E-state index contributed by atoms with van der Waals surface area (Å²) in [7, 11) is 0. The SMILES string of the molecule is c1cncc(-n2c3cc4c(cc3c3c5ccccc5ccc32)Sc2ccccc2N4c2ccc3cc(N4c5ccccc5Sc5cc6c7c8ccccc8ccc7n(-c7cccnc7)c6cc54)ccc3c2)c1. The Morgan fingerprint density at radius 3 is 1.21 bits per heavy atom. The summed E-state index contributed by atoms with van der Waals surface area (Å²) in [6.07, 6.45) is 7.63. The second-order valence-electron chi connectivity index (χ2n) is 18.7. The Hall–Kier alpha value is -8.82. The van der Waals surface area contributed by atoms with E-state index in [9.17, 15) is 0 Å². The minimum absolute atomic E-state index is 1.04. The fourth-order valence-corrected chi connectivity index (χ4v) is 13.8. The molecular weight excluding hydrogens is 917 g/mol. The third kappa shape index (κ3) is 5.82. The van der Waals surface area contributed by atoms with Crippen LogP contribution in [0.3, 0.4) is 0 Å². The van der Waals surface area contributed by atoms with E-state index in [1.807, 2.05) is 60.4 Å². The normalized spacial score (nSPS) is 13.1. The molecule has 10 aromatic carbocycles. The molecule has 0 radical (unpaired) electrons. The van der Waals surface area contributed by atoms with Gasteiger partial charge in [-0.3, -0.25) is 9.97 Å². The predicted octanol–water partition coefficient (Wildman–Crippen LogP) is 18.0. The monoisotopic (exact) mass is 954 g/mol. The van der Waals surface area contributed by atoms with E-state index in [4.69, 9.17) is 0 Å². The summed E-state index contributed by atoms with van der Waals surface area (Å²) in [5.41, 5.74) is 13.6. The van der Waals surface area contributed by atoms with Crippen molar-refractivity contribution in [1.29, 1.82) is 0 Å². The van der Waals surface area contributed by atoms with Gasteiger partial charge in [-0.1, -0.05) is 121 Å². The number of anilines is 6. The molecule has 8 heteroatoms. The molecule has 0 amide bonds. The molecule has 2 aliphatic rings. The third-order valence-corrected chi connectivity index (χ3v) is 17.0. The molecule has 0 saturated carbocycles. The Balaban J connectivity index is 0.870. The number of hydrogen-bond acceptors (Lipinski definition) is 6. The van der Waals surface area contributed by atoms with Crippen LogP contribution in [-0.4, -0.2) is 19.1 Å². The summed E-state index contributed by atoms with van der Waals surface area (Å²) < 4.78 is 4.77. The largest absolute Gasteiger partial charge is 0.308 e. The van der Waals surface area contributed by atoms with Crippen LogP contribution >= 0.6 is 23.5 Å². The van der Waals surface area contributed by atoms with E-state index in [1.54, 1.807) is 0 Å². The van der Waals surface area contributed by atoms with Gasteiger partial charge in [0.25, 0.3) is 0 Å². The summed E-state index contributed by atoms with van der Waals surface area (Å²) in [4.78, 5) is 19.0. The molecule has 4 aromatic heterocycles. The van der Waals surface area contributed by atoms with Gasteiger partial charge in [0.1, 0.15) is 0 Å². The van der Waals surface area contributed by atoms with Crippen molar-refractivity contribution in [3.05, 3.63) is 231 Å². The van der Waals surface area contributed by atoms with Crippen LogP contribution in [-0.2, 0) is 0 Å². The van der Waals surface area contributed by atoms with Gasteiger partial charge >= 0.3 is 0 Å². The van der Waals surface area contributed by atoms with Crippen molar-refractivity contribution in [2.75, 3.05) is 9.80 Å². The first-order chi connectivity index (χ1) is 35.7. The maximum absolute atomic E-state index is 4.59. The predicted molar refractivity (Wildman–Crippen MR) is 301 cm³/mol. The standard InChI is InChI=1S/C64H38N6S2/c1-3-15-47-39(11-1)23-27-53-63(47)49-33-61-57(35-55(49)69(53)45-13-9-29-65-37-45)67(51-17-5-7-19-59(51)71-61)43-25-21-42-32-44(26-22-41(42)31-43)68-52-18-6-8-20-60(52)72-62-34-50-56(36-58(62)68)70(46-14-10-30-66-38-46)54-28-24-40-12-2-4-16-48(40)64(50)54/h1-38H. The highest BCUT2D eigenvalue weighted by molar-refractivity contribution is 8.00. The van der Waals surface area contributed by atoms with E-state index >= 15 is 0 Å². The van der Waals surface area contributed by atoms with E-state index in [2.05, 4.69) is 223 Å². The van der Waals surface area contributed by atoms with Crippen LogP contribution in [0.4, 0.5) is 34.1 Å². The third-order valence-electron chi connectivity index (χ3n) is 14.7. The number of fused-ring (bicyclic) bond motifs is 15. The number of benzene rings is 10. The first-order valence-corrected chi connectivity index (χ1v) is 25.8. The fraction of sp³-hybridized carbons (Fsp3) is 0. The number of aromatic nitrogens is 4. The summed E-state index contributed by atoms with van der Waals surface area (Å²) >= 11 is 3.70. The molecule has 0 spiro atoms. The lowest BCUT2D eigenvalue weighted by atomic mass is 10.0. The molecule has 6 heterocycles. The van der Waals surface area contributed by atoms with Crippen molar-refractivity contribution in [3.8, 4) is 11.4 Å². The van der Waals surface area contributed by atoms with Gasteiger partial charge < -0.3 is 18.9 Å². The number of hydrogen-bond donors (Lipinski definition) is 0. The highest BCUT2D eigenvalue weighted by Crippen LogP contribution is 2.56. The van der Waals surface area contributed by atoms with Crippen LogP contribution in [0.5, 0.6) is 0 Å². The second-order valence-corrected chi connectivity index (χ2v) is 20.8. The number of nitrogens with zero attached hydrogens (tertiary/aromatic N) is 6. The average Bonchev–Trinajstić information content (AvgIpc) is 3.95. The lowest BCUT2D eigenvalue weighted by Gasteiger charge is -2.34. The summed E-state index contributed by atoms with van der Waals surface area (Å²) in [6.45, 7) is 0. The van der Waals surface area contributed by atoms with Crippen molar-refractivity contribution in [2.45, 2.75) is 19.6 Å². The van der Waals surface area contributed by atoms with E-state index in [-0.39, 0.29) is 0 Å². The van der Waals surface area contributed by atoms with Gasteiger partial charge in [-0.15, -0.1) is 0 Å². The molecule has 0 atom stereocenters. The van der Waals surface area contributed by atoms with E-state index in [0.717, 1.165) is 45.2 Å². The molecule has 0 bridgehead atoms. The van der Waals surface area contributed by atoms with Crippen LogP contribution < -0.4 is 9.80 Å². The van der Waals surface area contributed by atoms with Crippen molar-refractivity contribution in [3.63, 3.8) is 0 Å². The maximum Gasteiger partial charge on any atom is 0.0645 e. The van der Waals surface area contributed by atoms with Gasteiger partial charge in [0.05, 0.1) is 68.6 Å². The highest BCUT2D eigenvalue weighted by atomic mass is 32.2. The van der Waals surface area contributed by atoms with Gasteiger partial charge in [0.15, 0.2) is 0 Å². The van der Waals surface area contributed by atoms with Crippen LogP contribution in [0.15, 0.2) is 251 Å². The zero-order valence-electron chi connectivity index (χ0n) is 38.4. The Kier molecular flexibility index (Phi) is 8.51. The van der Waals surface area contributed by atoms with Crippen molar-refractivity contribution < 1.29 is 0 Å². The van der Waals surface area contributed by atoms with Gasteiger partial charge in [0.2, 0.25) is 0 Å². The maximum atomic E-state index is 4.59. The van der Waals surface area contributed by atoms with E-state index in [1.165, 1.54) is 95.9 Å². The summed E-state index contributed by atoms with van der Waals surface area (Å²) in [6, 6.07) is 76.0. The number of para-hydroxylation sites is 2. The second kappa shape index (κ2) is 15.3. The molecule has 336 valence electrons. The topological polar surface area (TPSA) is 42.1 Å². The average molecular weight is 955 g/mol. The molecule has 2 aliphatic heterocycles. The van der Waals surface area contributed by atoms with Crippen LogP contribution in [0.1, 0.15) is 0 Å².